The average molecular weight is 272 g/mol. The molecule has 1 fully saturated rings. The Hall–Kier alpha value is -2.10. The number of cyclic esters (lactones) is 1. The van der Waals surface area contributed by atoms with Gasteiger partial charge >= 0.3 is 11.9 Å². The summed E-state index contributed by atoms with van der Waals surface area (Å²) >= 11 is 0. The van der Waals surface area contributed by atoms with Crippen LogP contribution in [0.3, 0.4) is 0 Å². The first-order valence-electron chi connectivity index (χ1n) is 6.80. The van der Waals surface area contributed by atoms with Crippen molar-refractivity contribution in [3.8, 4) is 0 Å². The third-order valence-corrected chi connectivity index (χ3v) is 4.09. The normalized spacial score (nSPS) is 25.1. The van der Waals surface area contributed by atoms with E-state index in [2.05, 4.69) is 0 Å². The quantitative estimate of drug-likeness (QED) is 0.776. The molecule has 4 heteroatoms. The summed E-state index contributed by atoms with van der Waals surface area (Å²) in [6.07, 6.45) is 2.68. The van der Waals surface area contributed by atoms with Gasteiger partial charge in [0.1, 0.15) is 0 Å². The summed E-state index contributed by atoms with van der Waals surface area (Å²) in [6.45, 7) is 0. The maximum absolute atomic E-state index is 12.3. The number of benzene rings is 1. The van der Waals surface area contributed by atoms with Crippen molar-refractivity contribution < 1.29 is 19.1 Å². The molecular formula is C16H16O4. The van der Waals surface area contributed by atoms with Crippen molar-refractivity contribution in [2.45, 2.75) is 25.2 Å². The van der Waals surface area contributed by atoms with Crippen LogP contribution in [0.25, 0.3) is 0 Å². The number of carbonyl (C=O) groups excluding carboxylic acids is 2. The molecule has 104 valence electrons. The van der Waals surface area contributed by atoms with Crippen LogP contribution in [0.4, 0.5) is 0 Å². The summed E-state index contributed by atoms with van der Waals surface area (Å²) in [5.74, 6) is -1.03. The zero-order valence-corrected chi connectivity index (χ0v) is 11.3. The van der Waals surface area contributed by atoms with E-state index in [9.17, 15) is 9.59 Å². The summed E-state index contributed by atoms with van der Waals surface area (Å²) in [5.41, 5.74) is 1.89. The SMILES string of the molecule is COC(=O)C1=C2CCCC2C(c2ccccc2)C(=O)O1. The Kier molecular flexibility index (Phi) is 3.30. The minimum Gasteiger partial charge on any atom is -0.463 e. The van der Waals surface area contributed by atoms with Gasteiger partial charge < -0.3 is 9.47 Å². The lowest BCUT2D eigenvalue weighted by Gasteiger charge is -2.29. The fraction of sp³-hybridized carbons (Fsp3) is 0.375. The van der Waals surface area contributed by atoms with Crippen LogP contribution >= 0.6 is 0 Å². The molecule has 1 aromatic rings. The molecule has 1 heterocycles. The molecule has 0 saturated heterocycles. The van der Waals surface area contributed by atoms with Crippen molar-refractivity contribution in [3.05, 3.63) is 47.2 Å². The van der Waals surface area contributed by atoms with E-state index in [-0.39, 0.29) is 23.6 Å². The number of esters is 2. The molecule has 0 radical (unpaired) electrons. The minimum absolute atomic E-state index is 0.0627. The summed E-state index contributed by atoms with van der Waals surface area (Å²) in [4.78, 5) is 24.0. The van der Waals surface area contributed by atoms with E-state index >= 15 is 0 Å². The molecule has 0 bridgehead atoms. The molecule has 0 amide bonds. The van der Waals surface area contributed by atoms with Gasteiger partial charge in [-0.25, -0.2) is 4.79 Å². The topological polar surface area (TPSA) is 52.6 Å². The van der Waals surface area contributed by atoms with Crippen molar-refractivity contribution in [1.29, 1.82) is 0 Å². The number of allylic oxidation sites excluding steroid dienone is 1. The molecule has 1 aromatic carbocycles. The highest BCUT2D eigenvalue weighted by molar-refractivity contribution is 5.94. The van der Waals surface area contributed by atoms with Gasteiger partial charge in [0.05, 0.1) is 13.0 Å². The molecule has 2 atom stereocenters. The lowest BCUT2D eigenvalue weighted by atomic mass is 9.80. The third-order valence-electron chi connectivity index (χ3n) is 4.09. The van der Waals surface area contributed by atoms with Gasteiger partial charge in [0, 0.05) is 5.92 Å². The molecule has 1 saturated carbocycles. The second kappa shape index (κ2) is 5.12. The molecule has 20 heavy (non-hydrogen) atoms. The van der Waals surface area contributed by atoms with Gasteiger partial charge in [-0.3, -0.25) is 4.79 Å². The van der Waals surface area contributed by atoms with E-state index < -0.39 is 5.97 Å². The van der Waals surface area contributed by atoms with Gasteiger partial charge in [-0.2, -0.15) is 0 Å². The van der Waals surface area contributed by atoms with Gasteiger partial charge in [0.25, 0.3) is 0 Å². The summed E-state index contributed by atoms with van der Waals surface area (Å²) in [5, 5.41) is 0. The van der Waals surface area contributed by atoms with E-state index in [0.29, 0.717) is 0 Å². The minimum atomic E-state index is -0.549. The summed E-state index contributed by atoms with van der Waals surface area (Å²) < 4.78 is 10.00. The fourth-order valence-corrected chi connectivity index (χ4v) is 3.21. The Morgan fingerprint density at radius 3 is 2.75 bits per heavy atom. The van der Waals surface area contributed by atoms with Crippen LogP contribution in [0.5, 0.6) is 0 Å². The number of hydrogen-bond donors (Lipinski definition) is 0. The van der Waals surface area contributed by atoms with Crippen LogP contribution in [0, 0.1) is 5.92 Å². The monoisotopic (exact) mass is 272 g/mol. The first-order valence-corrected chi connectivity index (χ1v) is 6.80. The van der Waals surface area contributed by atoms with Crippen LogP contribution < -0.4 is 0 Å². The van der Waals surface area contributed by atoms with Crippen LogP contribution in [0.1, 0.15) is 30.7 Å². The number of carbonyl (C=O) groups is 2. The lowest BCUT2D eigenvalue weighted by molar-refractivity contribution is -0.153. The van der Waals surface area contributed by atoms with E-state index in [0.717, 1.165) is 30.4 Å². The lowest BCUT2D eigenvalue weighted by Crippen LogP contribution is -2.31. The summed E-state index contributed by atoms with van der Waals surface area (Å²) in [7, 11) is 1.30. The highest BCUT2D eigenvalue weighted by Crippen LogP contribution is 2.46. The van der Waals surface area contributed by atoms with Gasteiger partial charge in [-0.05, 0) is 30.4 Å². The molecule has 2 aliphatic rings. The van der Waals surface area contributed by atoms with Gasteiger partial charge in [-0.1, -0.05) is 30.3 Å². The third kappa shape index (κ3) is 2.01. The molecule has 1 aliphatic carbocycles. The first-order chi connectivity index (χ1) is 9.72. The number of hydrogen-bond acceptors (Lipinski definition) is 4. The van der Waals surface area contributed by atoms with E-state index in [4.69, 9.17) is 9.47 Å². The molecule has 1 aliphatic heterocycles. The van der Waals surface area contributed by atoms with E-state index in [1.807, 2.05) is 30.3 Å². The summed E-state index contributed by atoms with van der Waals surface area (Å²) in [6, 6.07) is 9.62. The number of ether oxygens (including phenoxy) is 2. The molecule has 0 N–H and O–H groups in total. The second-order valence-corrected chi connectivity index (χ2v) is 5.15. The number of methoxy groups -OCH3 is 1. The van der Waals surface area contributed by atoms with Crippen LogP contribution in [0.15, 0.2) is 41.7 Å². The van der Waals surface area contributed by atoms with Crippen LogP contribution in [0.2, 0.25) is 0 Å². The highest BCUT2D eigenvalue weighted by Gasteiger charge is 2.44. The maximum atomic E-state index is 12.3. The second-order valence-electron chi connectivity index (χ2n) is 5.15. The molecular weight excluding hydrogens is 256 g/mol. The molecule has 2 unspecified atom stereocenters. The highest BCUT2D eigenvalue weighted by atomic mass is 16.6. The van der Waals surface area contributed by atoms with E-state index in [1.165, 1.54) is 7.11 Å². The van der Waals surface area contributed by atoms with Crippen LogP contribution in [-0.4, -0.2) is 19.0 Å². The van der Waals surface area contributed by atoms with E-state index in [1.54, 1.807) is 0 Å². The Labute approximate surface area is 117 Å². The van der Waals surface area contributed by atoms with Crippen molar-refractivity contribution in [3.63, 3.8) is 0 Å². The first kappa shape index (κ1) is 12.9. The van der Waals surface area contributed by atoms with Crippen LogP contribution in [-0.2, 0) is 19.1 Å². The molecule has 0 spiro atoms. The van der Waals surface area contributed by atoms with Gasteiger partial charge in [-0.15, -0.1) is 0 Å². The zero-order valence-electron chi connectivity index (χ0n) is 11.3. The Morgan fingerprint density at radius 1 is 1.30 bits per heavy atom. The predicted molar refractivity (Wildman–Crippen MR) is 71.7 cm³/mol. The van der Waals surface area contributed by atoms with Crippen molar-refractivity contribution in [2.75, 3.05) is 7.11 Å². The van der Waals surface area contributed by atoms with Gasteiger partial charge in [0.15, 0.2) is 0 Å². The average Bonchev–Trinajstić information content (AvgIpc) is 2.95. The number of fused-ring (bicyclic) bond motifs is 1. The zero-order chi connectivity index (χ0) is 14.1. The molecule has 4 nitrogen and oxygen atoms in total. The molecule has 0 aromatic heterocycles. The van der Waals surface area contributed by atoms with Crippen molar-refractivity contribution >= 4 is 11.9 Å². The maximum Gasteiger partial charge on any atom is 0.374 e. The van der Waals surface area contributed by atoms with Crippen molar-refractivity contribution in [1.82, 2.24) is 0 Å². The Bertz CT molecular complexity index is 573. The standard InChI is InChI=1S/C16H16O4/c1-19-16(18)14-12-9-5-8-11(12)13(15(17)20-14)10-6-3-2-4-7-10/h2-4,6-7,11,13H,5,8-9H2,1H3. The molecule has 3 rings (SSSR count). The fourth-order valence-electron chi connectivity index (χ4n) is 3.21. The largest absolute Gasteiger partial charge is 0.463 e. The number of rotatable bonds is 2. The Balaban J connectivity index is 2.03. The smallest absolute Gasteiger partial charge is 0.374 e. The Morgan fingerprint density at radius 2 is 2.05 bits per heavy atom. The predicted octanol–water partition coefficient (Wildman–Crippen LogP) is 2.55. The van der Waals surface area contributed by atoms with Crippen molar-refractivity contribution in [2.24, 2.45) is 5.92 Å². The van der Waals surface area contributed by atoms with Gasteiger partial charge in [0.2, 0.25) is 5.76 Å².